The number of nitrogens with two attached hydrogens (primary N) is 1. The average molecular weight is 540 g/mol. The first-order valence-electron chi connectivity index (χ1n) is 9.80. The Hall–Kier alpha value is -1.76. The predicted molar refractivity (Wildman–Crippen MR) is 105 cm³/mol. The van der Waals surface area contributed by atoms with Gasteiger partial charge in [0.05, 0.1) is 19.5 Å². The monoisotopic (exact) mass is 540 g/mol. The van der Waals surface area contributed by atoms with E-state index in [9.17, 15) is 39.3 Å². The first kappa shape index (κ1) is 26.3. The maximum atomic E-state index is 12.0. The molecule has 4 rings (SSSR count). The number of aromatic nitrogens is 4. The zero-order valence-corrected chi connectivity index (χ0v) is 19.2. The van der Waals surface area contributed by atoms with Crippen LogP contribution in [-0.4, -0.2) is 89.8 Å². The fourth-order valence-electron chi connectivity index (χ4n) is 3.35. The Labute approximate surface area is 196 Å². The summed E-state index contributed by atoms with van der Waals surface area (Å²) in [7, 11) is -11.1. The van der Waals surface area contributed by atoms with E-state index in [1.165, 1.54) is 10.9 Å². The topological polar surface area (TPSA) is 277 Å². The van der Waals surface area contributed by atoms with Gasteiger partial charge in [0.15, 0.2) is 29.9 Å². The number of aliphatic hydroxyl groups is 4. The molecule has 6 N–H and O–H groups in total. The first-order valence-corrected chi connectivity index (χ1v) is 12.7. The highest BCUT2D eigenvalue weighted by molar-refractivity contribution is 7.59. The van der Waals surface area contributed by atoms with Gasteiger partial charge in [-0.05, 0) is 0 Å². The number of aliphatic hydroxyl groups excluding tert-OH is 4. The van der Waals surface area contributed by atoms with E-state index < -0.39 is 71.7 Å². The number of imidazole rings is 1. The van der Waals surface area contributed by atoms with E-state index in [0.717, 1.165) is 12.9 Å². The van der Waals surface area contributed by atoms with Crippen molar-refractivity contribution in [3.63, 3.8) is 0 Å². The van der Waals surface area contributed by atoms with E-state index in [1.807, 2.05) is 0 Å². The smallest absolute Gasteiger partial charge is 0.274 e. The molecule has 0 amide bonds. The molecule has 194 valence electrons. The number of hydrogen-bond acceptors (Lipinski definition) is 17. The largest absolute Gasteiger partial charge is 0.756 e. The molecular weight excluding hydrogens is 520 g/mol. The predicted octanol–water partition coefficient (Wildman–Crippen LogP) is -3.70. The van der Waals surface area contributed by atoms with Crippen LogP contribution >= 0.6 is 15.6 Å². The maximum Gasteiger partial charge on any atom is 0.274 e. The molecule has 0 spiro atoms. The van der Waals surface area contributed by atoms with E-state index in [2.05, 4.69) is 28.3 Å². The fourth-order valence-corrected chi connectivity index (χ4v) is 5.37. The van der Waals surface area contributed by atoms with Crippen molar-refractivity contribution >= 4 is 32.6 Å². The van der Waals surface area contributed by atoms with Crippen LogP contribution in [0.2, 0.25) is 0 Å². The number of fused-ring (bicyclic) bond motifs is 1. The summed E-state index contributed by atoms with van der Waals surface area (Å²) in [5.41, 5.74) is 6.07. The molecule has 2 unspecified atom stereocenters. The number of phosphoric ester groups is 2. The van der Waals surface area contributed by atoms with E-state index in [0.29, 0.717) is 0 Å². The highest BCUT2D eigenvalue weighted by Crippen LogP contribution is 2.56. The molecule has 2 aromatic rings. The summed E-state index contributed by atoms with van der Waals surface area (Å²) in [5, 5.41) is 39.5. The third-order valence-corrected chi connectivity index (χ3v) is 7.65. The van der Waals surface area contributed by atoms with Gasteiger partial charge in [-0.2, -0.15) is 4.74 Å². The van der Waals surface area contributed by atoms with Crippen molar-refractivity contribution in [3.8, 4) is 0 Å². The van der Waals surface area contributed by atoms with Gasteiger partial charge in [-0.3, -0.25) is 13.7 Å². The fraction of sp³-hybridized carbons (Fsp3) is 0.600. The van der Waals surface area contributed by atoms with Crippen molar-refractivity contribution in [2.75, 3.05) is 18.9 Å². The van der Waals surface area contributed by atoms with Gasteiger partial charge in [0.2, 0.25) is 0 Å². The van der Waals surface area contributed by atoms with Crippen molar-refractivity contribution in [1.29, 1.82) is 0 Å². The van der Waals surface area contributed by atoms with Gasteiger partial charge in [0, 0.05) is 0 Å². The highest BCUT2D eigenvalue weighted by Gasteiger charge is 2.46. The van der Waals surface area contributed by atoms with Crippen LogP contribution in [0.1, 0.15) is 6.23 Å². The standard InChI is InChI=1S/C15H21N5O13P2/c16-13-9-14(18-4-17-13)20(5-19-9)15-12(24)11(23)8(32-15)3-31-35(27,28)33-34(25,26)30-2-7-10(22)6(21)1-29-7/h1,4-8,10-12,15,21-24H,2-3H2,(H3-,16,17,18,25,26,27,28)/p-1/t6-,7+,8+,10-,11+,12+,15+/m0/s1. The van der Waals surface area contributed by atoms with Crippen LogP contribution in [0.25, 0.3) is 11.2 Å². The molecule has 9 atom stereocenters. The lowest BCUT2D eigenvalue weighted by molar-refractivity contribution is -0.246. The molecule has 2 aromatic heterocycles. The van der Waals surface area contributed by atoms with Crippen LogP contribution in [0, 0.1) is 6.61 Å². The minimum Gasteiger partial charge on any atom is -0.756 e. The second-order valence-electron chi connectivity index (χ2n) is 7.49. The number of ether oxygens (including phenoxy) is 2. The Kier molecular flexibility index (Phi) is 7.48. The van der Waals surface area contributed by atoms with Gasteiger partial charge < -0.3 is 49.7 Å². The van der Waals surface area contributed by atoms with Crippen molar-refractivity contribution < 1.29 is 62.2 Å². The van der Waals surface area contributed by atoms with Gasteiger partial charge in [-0.1, -0.05) is 0 Å². The van der Waals surface area contributed by atoms with Gasteiger partial charge in [0.25, 0.3) is 28.4 Å². The molecule has 35 heavy (non-hydrogen) atoms. The summed E-state index contributed by atoms with van der Waals surface area (Å²) < 4.78 is 48.1. The minimum absolute atomic E-state index is 0.0543. The molecule has 18 nitrogen and oxygen atoms in total. The molecule has 4 heterocycles. The molecule has 2 fully saturated rings. The van der Waals surface area contributed by atoms with Crippen LogP contribution in [-0.2, 0) is 32.0 Å². The third kappa shape index (κ3) is 5.65. The number of hydrogen-bond donors (Lipinski definition) is 5. The molecule has 2 aliphatic heterocycles. The number of nitrogens with zero attached hydrogens (tertiary/aromatic N) is 4. The Bertz CT molecular complexity index is 1150. The summed E-state index contributed by atoms with van der Waals surface area (Å²) in [6.45, 7) is -0.953. The van der Waals surface area contributed by atoms with Crippen LogP contribution in [0.15, 0.2) is 12.7 Å². The maximum absolute atomic E-state index is 12.0. The zero-order valence-electron chi connectivity index (χ0n) is 17.4. The Balaban J connectivity index is 1.34. The summed E-state index contributed by atoms with van der Waals surface area (Å²) in [5.74, 6) is 0.0543. The van der Waals surface area contributed by atoms with Gasteiger partial charge >= 0.3 is 0 Å². The molecular formula is C15H20N5O13P2-. The van der Waals surface area contributed by atoms with E-state index >= 15 is 0 Å². The SMILES string of the molecule is Nc1ncnc2c1ncn2[C@@H]1O[C@H](COP(=O)([O-])OP(=O)([O-])OC[C@H]2O[CH+][C@H](O)[C@@H]2O)[C@@H](O)[C@H]1O. The molecule has 0 aliphatic carbocycles. The number of phosphoric acid groups is 2. The van der Waals surface area contributed by atoms with E-state index in [-0.39, 0.29) is 17.0 Å². The summed E-state index contributed by atoms with van der Waals surface area (Å²) in [4.78, 5) is 35.6. The van der Waals surface area contributed by atoms with Crippen molar-refractivity contribution in [3.05, 3.63) is 19.3 Å². The van der Waals surface area contributed by atoms with Gasteiger partial charge in [0.1, 0.15) is 30.2 Å². The molecule has 0 aromatic carbocycles. The second-order valence-corrected chi connectivity index (χ2v) is 10.4. The molecule has 0 radical (unpaired) electrons. The number of nitrogen functional groups attached to an aromatic ring is 1. The van der Waals surface area contributed by atoms with E-state index in [4.69, 9.17) is 15.2 Å². The van der Waals surface area contributed by atoms with Gasteiger partial charge in [-0.15, -0.1) is 0 Å². The molecule has 0 bridgehead atoms. The normalized spacial score (nSPS) is 34.5. The van der Waals surface area contributed by atoms with Crippen LogP contribution < -0.4 is 15.5 Å². The molecule has 20 heteroatoms. The molecule has 2 aliphatic rings. The Morgan fingerprint density at radius 1 is 1.03 bits per heavy atom. The Morgan fingerprint density at radius 3 is 2.31 bits per heavy atom. The van der Waals surface area contributed by atoms with Crippen LogP contribution in [0.4, 0.5) is 5.82 Å². The van der Waals surface area contributed by atoms with Crippen LogP contribution in [0.3, 0.4) is 0 Å². The van der Waals surface area contributed by atoms with Gasteiger partial charge in [-0.25, -0.2) is 19.3 Å². The highest BCUT2D eigenvalue weighted by atomic mass is 31.3. The summed E-state index contributed by atoms with van der Waals surface area (Å²) >= 11 is 0. The lowest BCUT2D eigenvalue weighted by Crippen LogP contribution is -2.34. The quantitative estimate of drug-likeness (QED) is 0.151. The lowest BCUT2D eigenvalue weighted by atomic mass is 10.1. The van der Waals surface area contributed by atoms with E-state index in [1.54, 1.807) is 0 Å². The Morgan fingerprint density at radius 2 is 1.69 bits per heavy atom. The molecule has 2 saturated heterocycles. The van der Waals surface area contributed by atoms with Crippen molar-refractivity contribution in [2.24, 2.45) is 0 Å². The summed E-state index contributed by atoms with van der Waals surface area (Å²) in [6, 6.07) is 0. The zero-order chi connectivity index (χ0) is 25.5. The summed E-state index contributed by atoms with van der Waals surface area (Å²) in [6.07, 6.45) is -7.77. The third-order valence-electron chi connectivity index (χ3n) is 5.12. The minimum atomic E-state index is -5.57. The average Bonchev–Trinajstić information content (AvgIpc) is 3.43. The number of rotatable bonds is 9. The first-order chi connectivity index (χ1) is 16.4. The molecule has 0 saturated carbocycles. The van der Waals surface area contributed by atoms with Crippen molar-refractivity contribution in [1.82, 2.24) is 19.5 Å². The van der Waals surface area contributed by atoms with Crippen LogP contribution in [0.5, 0.6) is 0 Å². The lowest BCUT2D eigenvalue weighted by Gasteiger charge is -2.31. The number of anilines is 1. The second kappa shape index (κ2) is 9.95. The van der Waals surface area contributed by atoms with Crippen molar-refractivity contribution in [2.45, 2.75) is 42.9 Å².